The number of allylic oxidation sites excluding steroid dienone is 8. The smallest absolute Gasteiger partial charge is 0.164 e. The standard InChI is InChI=1S/C60H45N3S/c1-60(2)51-23-10-9-20-49(51)55-48(21-12-24-52(55)60)45-18-11-19-46(36-45)59-62-57(42-16-7-4-8-17-42)61-58(63-59)43-32-30-41(31-33-43)47-22-13-25-54-56(47)50-37-44(34-35-53(50)64-54)40-28-26-39(27-29-40)38-14-5-3-6-15-38/h4-5,7-30,32,34-37H,3,6,31,33H2,1-2H3. The fraction of sp³-hybridized carbons (Fsp3) is 0.117. The zero-order valence-electron chi connectivity index (χ0n) is 36.0. The van der Waals surface area contributed by atoms with Gasteiger partial charge in [0.15, 0.2) is 17.5 Å². The van der Waals surface area contributed by atoms with Crippen molar-refractivity contribution in [2.75, 3.05) is 0 Å². The molecule has 0 atom stereocenters. The Hall–Kier alpha value is -7.27. The molecule has 0 unspecified atom stereocenters. The van der Waals surface area contributed by atoms with Gasteiger partial charge in [-0.1, -0.05) is 178 Å². The van der Waals surface area contributed by atoms with Gasteiger partial charge in [0.1, 0.15) is 0 Å². The van der Waals surface area contributed by atoms with E-state index in [4.69, 9.17) is 15.0 Å². The molecule has 0 aliphatic heterocycles. The van der Waals surface area contributed by atoms with Gasteiger partial charge >= 0.3 is 0 Å². The Morgan fingerprint density at radius 3 is 1.95 bits per heavy atom. The average molecular weight is 840 g/mol. The minimum absolute atomic E-state index is 0.0686. The Labute approximate surface area is 378 Å². The summed E-state index contributed by atoms with van der Waals surface area (Å²) in [5.74, 6) is 2.09. The van der Waals surface area contributed by atoms with E-state index in [-0.39, 0.29) is 5.41 Å². The first-order valence-electron chi connectivity index (χ1n) is 22.5. The van der Waals surface area contributed by atoms with Crippen LogP contribution in [0.3, 0.4) is 0 Å². The number of hydrogen-bond acceptors (Lipinski definition) is 4. The summed E-state index contributed by atoms with van der Waals surface area (Å²) in [5.41, 5.74) is 18.5. The van der Waals surface area contributed by atoms with Crippen molar-refractivity contribution in [3.63, 3.8) is 0 Å². The lowest BCUT2D eigenvalue weighted by Gasteiger charge is -2.21. The van der Waals surface area contributed by atoms with Gasteiger partial charge in [0.2, 0.25) is 0 Å². The third-order valence-electron chi connectivity index (χ3n) is 13.5. The van der Waals surface area contributed by atoms with Crippen molar-refractivity contribution >= 4 is 48.2 Å². The second-order valence-electron chi connectivity index (χ2n) is 17.7. The number of hydrogen-bond donors (Lipinski definition) is 0. The van der Waals surface area contributed by atoms with Crippen LogP contribution >= 0.6 is 11.3 Å². The lowest BCUT2D eigenvalue weighted by atomic mass is 9.82. The molecule has 0 saturated heterocycles. The molecule has 2 aromatic heterocycles. The summed E-state index contributed by atoms with van der Waals surface area (Å²) in [6.45, 7) is 4.67. The zero-order chi connectivity index (χ0) is 42.8. The Bertz CT molecular complexity index is 3450. The molecule has 0 N–H and O–H groups in total. The van der Waals surface area contributed by atoms with Crippen molar-refractivity contribution in [1.82, 2.24) is 15.0 Å². The second kappa shape index (κ2) is 15.5. The van der Waals surface area contributed by atoms with Gasteiger partial charge in [-0.05, 0) is 122 Å². The van der Waals surface area contributed by atoms with Crippen LogP contribution in [-0.4, -0.2) is 15.0 Å². The highest BCUT2D eigenvalue weighted by Crippen LogP contribution is 2.52. The Morgan fingerprint density at radius 2 is 1.12 bits per heavy atom. The molecular formula is C60H45N3S. The van der Waals surface area contributed by atoms with E-state index >= 15 is 0 Å². The predicted molar refractivity (Wildman–Crippen MR) is 270 cm³/mol. The molecule has 2 heterocycles. The SMILES string of the molecule is CC1(C)c2ccccc2-c2c(-c3cccc(-c4nc(C5=CC=C(c6cccc7sc8ccc(-c9ccc(C%10=CCCC=C%10)cc9)cc8c67)CC5)nc(-c5ccccc5)n4)c3)cccc21. The van der Waals surface area contributed by atoms with Crippen LogP contribution in [-0.2, 0) is 5.41 Å². The van der Waals surface area contributed by atoms with E-state index in [0.29, 0.717) is 11.6 Å². The topological polar surface area (TPSA) is 38.7 Å². The van der Waals surface area contributed by atoms with Gasteiger partial charge < -0.3 is 0 Å². The minimum Gasteiger partial charge on any atom is -0.209 e. The van der Waals surface area contributed by atoms with Crippen LogP contribution in [0.5, 0.6) is 0 Å². The van der Waals surface area contributed by atoms with Gasteiger partial charge in [-0.25, -0.2) is 15.0 Å². The summed E-state index contributed by atoms with van der Waals surface area (Å²) >= 11 is 1.88. The molecule has 3 aliphatic carbocycles. The molecule has 0 bridgehead atoms. The van der Waals surface area contributed by atoms with Gasteiger partial charge in [-0.2, -0.15) is 0 Å². The van der Waals surface area contributed by atoms with Crippen molar-refractivity contribution in [2.24, 2.45) is 0 Å². The summed E-state index contributed by atoms with van der Waals surface area (Å²) in [6, 6.07) is 57.5. The fourth-order valence-electron chi connectivity index (χ4n) is 10.2. The van der Waals surface area contributed by atoms with Gasteiger partial charge in [0.25, 0.3) is 0 Å². The quantitative estimate of drug-likeness (QED) is 0.160. The van der Waals surface area contributed by atoms with Crippen molar-refractivity contribution in [3.05, 3.63) is 216 Å². The van der Waals surface area contributed by atoms with Crippen molar-refractivity contribution in [3.8, 4) is 56.2 Å². The first kappa shape index (κ1) is 38.4. The van der Waals surface area contributed by atoms with E-state index in [9.17, 15) is 0 Å². The van der Waals surface area contributed by atoms with Gasteiger partial charge in [-0.3, -0.25) is 0 Å². The largest absolute Gasteiger partial charge is 0.209 e. The molecule has 306 valence electrons. The van der Waals surface area contributed by atoms with Crippen molar-refractivity contribution < 1.29 is 0 Å². The Kier molecular flexibility index (Phi) is 9.31. The molecular weight excluding hydrogens is 795 g/mol. The maximum absolute atomic E-state index is 5.25. The van der Waals surface area contributed by atoms with Gasteiger partial charge in [-0.15, -0.1) is 11.3 Å². The Morgan fingerprint density at radius 1 is 0.469 bits per heavy atom. The lowest BCUT2D eigenvalue weighted by molar-refractivity contribution is 0.660. The molecule has 0 fully saturated rings. The lowest BCUT2D eigenvalue weighted by Crippen LogP contribution is -2.14. The third kappa shape index (κ3) is 6.60. The molecule has 12 rings (SSSR count). The van der Waals surface area contributed by atoms with E-state index in [0.717, 1.165) is 53.8 Å². The van der Waals surface area contributed by atoms with E-state index in [1.165, 1.54) is 81.4 Å². The number of benzene rings is 7. The molecule has 7 aromatic carbocycles. The van der Waals surface area contributed by atoms with E-state index in [1.54, 1.807) is 0 Å². The molecule has 64 heavy (non-hydrogen) atoms. The van der Waals surface area contributed by atoms with Crippen LogP contribution in [0.15, 0.2) is 188 Å². The molecule has 0 spiro atoms. The zero-order valence-corrected chi connectivity index (χ0v) is 36.8. The van der Waals surface area contributed by atoms with Crippen molar-refractivity contribution in [1.29, 1.82) is 0 Å². The molecule has 0 amide bonds. The summed E-state index contributed by atoms with van der Waals surface area (Å²) in [7, 11) is 0. The summed E-state index contributed by atoms with van der Waals surface area (Å²) < 4.78 is 2.63. The van der Waals surface area contributed by atoms with E-state index < -0.39 is 0 Å². The second-order valence-corrected chi connectivity index (χ2v) is 18.8. The molecule has 4 heteroatoms. The van der Waals surface area contributed by atoms with Crippen LogP contribution in [0, 0.1) is 0 Å². The minimum atomic E-state index is -0.0686. The maximum atomic E-state index is 5.25. The van der Waals surface area contributed by atoms with Crippen LogP contribution in [0.1, 0.15) is 67.6 Å². The van der Waals surface area contributed by atoms with Gasteiger partial charge in [0, 0.05) is 36.7 Å². The number of thiophene rings is 1. The number of aromatic nitrogens is 3. The number of fused-ring (bicyclic) bond motifs is 6. The van der Waals surface area contributed by atoms with Crippen molar-refractivity contribution in [2.45, 2.75) is 44.9 Å². The Balaban J connectivity index is 0.911. The molecule has 0 radical (unpaired) electrons. The summed E-state index contributed by atoms with van der Waals surface area (Å²) in [4.78, 5) is 15.5. The van der Waals surface area contributed by atoms with Crippen LogP contribution < -0.4 is 0 Å². The first-order chi connectivity index (χ1) is 31.5. The monoisotopic (exact) mass is 839 g/mol. The highest BCUT2D eigenvalue weighted by atomic mass is 32.1. The molecule has 0 saturated carbocycles. The van der Waals surface area contributed by atoms with Crippen LogP contribution in [0.4, 0.5) is 0 Å². The fourth-order valence-corrected chi connectivity index (χ4v) is 11.3. The van der Waals surface area contributed by atoms with Gasteiger partial charge in [0.05, 0.1) is 0 Å². The van der Waals surface area contributed by atoms with E-state index in [1.807, 2.05) is 29.5 Å². The molecule has 9 aromatic rings. The van der Waals surface area contributed by atoms with E-state index in [2.05, 4.69) is 184 Å². The van der Waals surface area contributed by atoms with Crippen LogP contribution in [0.2, 0.25) is 0 Å². The molecule has 3 aliphatic rings. The average Bonchev–Trinajstić information content (AvgIpc) is 3.86. The maximum Gasteiger partial charge on any atom is 0.164 e. The molecule has 3 nitrogen and oxygen atoms in total. The first-order valence-corrected chi connectivity index (χ1v) is 23.3. The normalized spacial score (nSPS) is 15.1. The highest BCUT2D eigenvalue weighted by Gasteiger charge is 2.36. The summed E-state index contributed by atoms with van der Waals surface area (Å²) in [6.07, 6.45) is 15.4. The highest BCUT2D eigenvalue weighted by molar-refractivity contribution is 7.25. The predicted octanol–water partition coefficient (Wildman–Crippen LogP) is 16.2. The number of nitrogens with zero attached hydrogens (tertiary/aromatic N) is 3. The summed E-state index contributed by atoms with van der Waals surface area (Å²) in [5, 5.41) is 2.65. The van der Waals surface area contributed by atoms with Crippen LogP contribution in [0.25, 0.3) is 93.0 Å². The number of rotatable bonds is 7. The third-order valence-corrected chi connectivity index (χ3v) is 14.7.